The van der Waals surface area contributed by atoms with Crippen LogP contribution in [-0.4, -0.2) is 27.8 Å². The second kappa shape index (κ2) is 6.86. The quantitative estimate of drug-likeness (QED) is 0.429. The van der Waals surface area contributed by atoms with Crippen LogP contribution in [0.5, 0.6) is 0 Å². The number of hydrogen-bond acceptors (Lipinski definition) is 7. The van der Waals surface area contributed by atoms with Crippen molar-refractivity contribution in [1.82, 2.24) is 4.57 Å². The molecule has 0 spiro atoms. The first-order chi connectivity index (χ1) is 10.9. The molecule has 2 rings (SSSR count). The number of aromatic nitrogens is 1. The molecule has 0 amide bonds. The molecule has 23 heavy (non-hydrogen) atoms. The first-order valence-electron chi connectivity index (χ1n) is 6.81. The first kappa shape index (κ1) is 16.4. The van der Waals surface area contributed by atoms with Crippen molar-refractivity contribution in [3.05, 3.63) is 38.9 Å². The Morgan fingerprint density at radius 1 is 1.39 bits per heavy atom. The van der Waals surface area contributed by atoms with Gasteiger partial charge >= 0.3 is 11.7 Å². The van der Waals surface area contributed by atoms with Crippen molar-refractivity contribution >= 4 is 28.5 Å². The largest absolute Gasteiger partial charge is 0.458 e. The number of fused-ring (bicyclic) bond motifs is 1. The van der Waals surface area contributed by atoms with Gasteiger partial charge in [0.15, 0.2) is 11.4 Å². The van der Waals surface area contributed by atoms with Gasteiger partial charge in [-0.3, -0.25) is 24.3 Å². The zero-order chi connectivity index (χ0) is 17.0. The molecule has 9 heteroatoms. The van der Waals surface area contributed by atoms with E-state index in [1.54, 1.807) is 0 Å². The van der Waals surface area contributed by atoms with Crippen LogP contribution >= 0.6 is 0 Å². The topological polar surface area (TPSA) is 122 Å². The maximum absolute atomic E-state index is 11.8. The van der Waals surface area contributed by atoms with Crippen LogP contribution in [-0.2, 0) is 20.9 Å². The summed E-state index contributed by atoms with van der Waals surface area (Å²) < 4.78 is 11.0. The minimum atomic E-state index is -0.655. The van der Waals surface area contributed by atoms with Gasteiger partial charge in [0.1, 0.15) is 6.61 Å². The number of Topliss-reactive ketones (excluding diaryl/α,β-unsaturated/α-hetero) is 1. The molecule has 1 aromatic heterocycles. The highest BCUT2D eigenvalue weighted by Gasteiger charge is 2.14. The Morgan fingerprint density at radius 3 is 2.78 bits per heavy atom. The Bertz CT molecular complexity index is 818. The fourth-order valence-electron chi connectivity index (χ4n) is 2.02. The SMILES string of the molecule is CC(=O)COC(=O)CCCn1c(=O)oc2cc([N+](=O)[O-])ccc21. The molecule has 0 saturated heterocycles. The van der Waals surface area contributed by atoms with Crippen LogP contribution in [0.15, 0.2) is 27.4 Å². The van der Waals surface area contributed by atoms with Gasteiger partial charge in [-0.25, -0.2) is 4.79 Å². The summed E-state index contributed by atoms with van der Waals surface area (Å²) in [4.78, 5) is 44.0. The van der Waals surface area contributed by atoms with E-state index >= 15 is 0 Å². The number of ether oxygens (including phenoxy) is 1. The van der Waals surface area contributed by atoms with Gasteiger partial charge in [0, 0.05) is 19.0 Å². The lowest BCUT2D eigenvalue weighted by Crippen LogP contribution is -2.16. The second-order valence-electron chi connectivity index (χ2n) is 4.89. The predicted octanol–water partition coefficient (Wildman–Crippen LogP) is 1.42. The number of ketones is 1. The molecule has 9 nitrogen and oxygen atoms in total. The van der Waals surface area contributed by atoms with E-state index in [9.17, 15) is 24.5 Å². The minimum Gasteiger partial charge on any atom is -0.458 e. The Balaban J connectivity index is 2.04. The van der Waals surface area contributed by atoms with E-state index in [1.807, 2.05) is 0 Å². The molecule has 122 valence electrons. The van der Waals surface area contributed by atoms with Gasteiger partial charge in [0.2, 0.25) is 0 Å². The lowest BCUT2D eigenvalue weighted by molar-refractivity contribution is -0.384. The van der Waals surface area contributed by atoms with Crippen molar-refractivity contribution < 1.29 is 23.7 Å². The Hall–Kier alpha value is -2.97. The fourth-order valence-corrected chi connectivity index (χ4v) is 2.02. The van der Waals surface area contributed by atoms with Gasteiger partial charge in [0.05, 0.1) is 16.5 Å². The van der Waals surface area contributed by atoms with Crippen LogP contribution in [0.2, 0.25) is 0 Å². The maximum Gasteiger partial charge on any atom is 0.419 e. The van der Waals surface area contributed by atoms with E-state index in [1.165, 1.54) is 29.7 Å². The number of oxazole rings is 1. The van der Waals surface area contributed by atoms with Crippen molar-refractivity contribution in [3.8, 4) is 0 Å². The van der Waals surface area contributed by atoms with Gasteiger partial charge in [-0.05, 0) is 19.4 Å². The number of nitro benzene ring substituents is 1. The zero-order valence-corrected chi connectivity index (χ0v) is 12.3. The molecule has 0 N–H and O–H groups in total. The molecule has 2 aromatic rings. The summed E-state index contributed by atoms with van der Waals surface area (Å²) in [6, 6.07) is 3.87. The van der Waals surface area contributed by atoms with Crippen molar-refractivity contribution in [2.75, 3.05) is 6.61 Å². The number of esters is 1. The lowest BCUT2D eigenvalue weighted by Gasteiger charge is -2.03. The van der Waals surface area contributed by atoms with E-state index in [2.05, 4.69) is 0 Å². The molecule has 1 heterocycles. The standard InChI is InChI=1S/C14H14N2O7/c1-9(17)8-22-13(18)3-2-6-15-11-5-4-10(16(20)21)7-12(11)23-14(15)19/h4-5,7H,2-3,6,8H2,1H3. The van der Waals surface area contributed by atoms with Crippen LogP contribution in [0, 0.1) is 10.1 Å². The minimum absolute atomic E-state index is 0.0410. The number of rotatable bonds is 7. The molecule has 0 unspecified atom stereocenters. The Morgan fingerprint density at radius 2 is 2.13 bits per heavy atom. The van der Waals surface area contributed by atoms with E-state index in [4.69, 9.17) is 9.15 Å². The van der Waals surface area contributed by atoms with Crippen molar-refractivity contribution in [3.63, 3.8) is 0 Å². The summed E-state index contributed by atoms with van der Waals surface area (Å²) >= 11 is 0. The van der Waals surface area contributed by atoms with Crippen LogP contribution < -0.4 is 5.76 Å². The van der Waals surface area contributed by atoms with Gasteiger partial charge < -0.3 is 9.15 Å². The molecule has 0 fully saturated rings. The van der Waals surface area contributed by atoms with Crippen LogP contribution in [0.3, 0.4) is 0 Å². The maximum atomic E-state index is 11.8. The van der Waals surface area contributed by atoms with Gasteiger partial charge in [-0.2, -0.15) is 0 Å². The lowest BCUT2D eigenvalue weighted by atomic mass is 10.2. The number of nitro groups is 1. The Kier molecular flexibility index (Phi) is 4.89. The number of hydrogen-bond donors (Lipinski definition) is 0. The number of carbonyl (C=O) groups is 2. The number of aryl methyl sites for hydroxylation is 1. The average Bonchev–Trinajstić information content (AvgIpc) is 2.80. The molecule has 0 aliphatic rings. The number of carbonyl (C=O) groups excluding carboxylic acids is 2. The third-order valence-corrected chi connectivity index (χ3v) is 3.06. The highest BCUT2D eigenvalue weighted by atomic mass is 16.6. The molecule has 1 aromatic carbocycles. The van der Waals surface area contributed by atoms with Crippen LogP contribution in [0.1, 0.15) is 19.8 Å². The van der Waals surface area contributed by atoms with Crippen LogP contribution in [0.25, 0.3) is 11.1 Å². The summed E-state index contributed by atoms with van der Waals surface area (Å²) in [6.07, 6.45) is 0.349. The molecular formula is C14H14N2O7. The first-order valence-corrected chi connectivity index (χ1v) is 6.81. The van der Waals surface area contributed by atoms with Gasteiger partial charge in [-0.15, -0.1) is 0 Å². The van der Waals surface area contributed by atoms with Crippen molar-refractivity contribution in [2.24, 2.45) is 0 Å². The van der Waals surface area contributed by atoms with Crippen molar-refractivity contribution in [2.45, 2.75) is 26.3 Å². The second-order valence-corrected chi connectivity index (χ2v) is 4.89. The number of benzene rings is 1. The summed E-state index contributed by atoms with van der Waals surface area (Å²) in [5, 5.41) is 10.7. The van der Waals surface area contributed by atoms with Gasteiger partial charge in [-0.1, -0.05) is 0 Å². The normalized spacial score (nSPS) is 10.7. The highest BCUT2D eigenvalue weighted by Crippen LogP contribution is 2.20. The zero-order valence-electron chi connectivity index (χ0n) is 12.3. The number of nitrogens with zero attached hydrogens (tertiary/aromatic N) is 2. The molecule has 0 aliphatic carbocycles. The Labute approximate surface area is 129 Å². The third kappa shape index (κ3) is 4.02. The van der Waals surface area contributed by atoms with Crippen molar-refractivity contribution in [1.29, 1.82) is 0 Å². The number of non-ortho nitro benzene ring substituents is 1. The molecule has 0 aliphatic heterocycles. The monoisotopic (exact) mass is 322 g/mol. The molecular weight excluding hydrogens is 308 g/mol. The smallest absolute Gasteiger partial charge is 0.419 e. The van der Waals surface area contributed by atoms with E-state index in [0.717, 1.165) is 0 Å². The third-order valence-electron chi connectivity index (χ3n) is 3.06. The summed E-state index contributed by atoms with van der Waals surface area (Å²) in [6.45, 7) is 1.24. The van der Waals surface area contributed by atoms with E-state index in [0.29, 0.717) is 11.9 Å². The summed E-state index contributed by atoms with van der Waals surface area (Å²) in [5.74, 6) is -1.44. The fraction of sp³-hybridized carbons (Fsp3) is 0.357. The summed E-state index contributed by atoms with van der Waals surface area (Å²) in [7, 11) is 0. The van der Waals surface area contributed by atoms with Gasteiger partial charge in [0.25, 0.3) is 5.69 Å². The summed E-state index contributed by atoms with van der Waals surface area (Å²) in [5.41, 5.74) is 0.354. The molecule has 0 bridgehead atoms. The molecule has 0 atom stereocenters. The molecule has 0 radical (unpaired) electrons. The highest BCUT2D eigenvalue weighted by molar-refractivity contribution is 5.80. The van der Waals surface area contributed by atoms with E-state index < -0.39 is 16.6 Å². The van der Waals surface area contributed by atoms with E-state index in [-0.39, 0.29) is 36.6 Å². The molecule has 0 saturated carbocycles. The predicted molar refractivity (Wildman–Crippen MR) is 78.0 cm³/mol. The average molecular weight is 322 g/mol. The van der Waals surface area contributed by atoms with Crippen LogP contribution in [0.4, 0.5) is 5.69 Å².